The topological polar surface area (TPSA) is 84.5 Å². The number of methoxy groups -OCH3 is 1. The highest BCUT2D eigenvalue weighted by molar-refractivity contribution is 7.92. The first-order valence-electron chi connectivity index (χ1n) is 8.08. The second-order valence-electron chi connectivity index (χ2n) is 6.20. The number of halogens is 1. The number of benzene rings is 2. The highest BCUT2D eigenvalue weighted by Crippen LogP contribution is 2.31. The van der Waals surface area contributed by atoms with Crippen molar-refractivity contribution < 1.29 is 22.3 Å². The lowest BCUT2D eigenvalue weighted by atomic mass is 10.2. The summed E-state index contributed by atoms with van der Waals surface area (Å²) in [5.41, 5.74) is 1.49. The van der Waals surface area contributed by atoms with Gasteiger partial charge in [0.15, 0.2) is 11.6 Å². The molecule has 1 fully saturated rings. The monoisotopic (exact) mass is 378 g/mol. The molecular weight excluding hydrogens is 359 g/mol. The Morgan fingerprint density at radius 2 is 1.92 bits per heavy atom. The Bertz CT molecular complexity index is 956. The lowest BCUT2D eigenvalue weighted by Crippen LogP contribution is -2.16. The molecule has 1 amide bonds. The largest absolute Gasteiger partial charge is 0.494 e. The molecule has 0 saturated heterocycles. The van der Waals surface area contributed by atoms with Crippen LogP contribution in [0.3, 0.4) is 0 Å². The molecule has 1 aliphatic carbocycles. The van der Waals surface area contributed by atoms with E-state index in [0.717, 1.165) is 18.9 Å². The Morgan fingerprint density at radius 3 is 2.54 bits per heavy atom. The van der Waals surface area contributed by atoms with Crippen LogP contribution in [0.15, 0.2) is 41.3 Å². The van der Waals surface area contributed by atoms with E-state index in [1.165, 1.54) is 19.2 Å². The van der Waals surface area contributed by atoms with Gasteiger partial charge in [0.05, 0.1) is 17.7 Å². The highest BCUT2D eigenvalue weighted by Gasteiger charge is 2.29. The maximum Gasteiger partial charge on any atom is 0.262 e. The van der Waals surface area contributed by atoms with E-state index in [1.807, 2.05) is 0 Å². The van der Waals surface area contributed by atoms with Crippen molar-refractivity contribution >= 4 is 27.3 Å². The summed E-state index contributed by atoms with van der Waals surface area (Å²) in [5, 5.41) is 2.77. The van der Waals surface area contributed by atoms with Gasteiger partial charge in [-0.15, -0.1) is 0 Å². The molecule has 2 N–H and O–H groups in total. The Labute approximate surface area is 151 Å². The van der Waals surface area contributed by atoms with Gasteiger partial charge >= 0.3 is 0 Å². The van der Waals surface area contributed by atoms with Gasteiger partial charge in [0.2, 0.25) is 5.91 Å². The number of sulfonamides is 1. The van der Waals surface area contributed by atoms with Crippen molar-refractivity contribution in [2.75, 3.05) is 17.1 Å². The molecule has 0 aromatic heterocycles. The Morgan fingerprint density at radius 1 is 1.19 bits per heavy atom. The van der Waals surface area contributed by atoms with Gasteiger partial charge in [-0.2, -0.15) is 0 Å². The summed E-state index contributed by atoms with van der Waals surface area (Å²) in [6, 6.07) is 8.37. The summed E-state index contributed by atoms with van der Waals surface area (Å²) in [4.78, 5) is 11.7. The van der Waals surface area contributed by atoms with Crippen LogP contribution in [0.1, 0.15) is 18.4 Å². The number of nitrogens with one attached hydrogen (secondary N) is 2. The van der Waals surface area contributed by atoms with Gasteiger partial charge in [0.25, 0.3) is 10.0 Å². The maximum absolute atomic E-state index is 13.8. The summed E-state index contributed by atoms with van der Waals surface area (Å²) < 4.78 is 46.2. The van der Waals surface area contributed by atoms with Crippen molar-refractivity contribution in [3.05, 3.63) is 47.8 Å². The van der Waals surface area contributed by atoms with Crippen LogP contribution < -0.4 is 14.8 Å². The van der Waals surface area contributed by atoms with E-state index >= 15 is 0 Å². The van der Waals surface area contributed by atoms with Gasteiger partial charge in [-0.3, -0.25) is 9.52 Å². The van der Waals surface area contributed by atoms with E-state index < -0.39 is 15.8 Å². The molecule has 6 nitrogen and oxygen atoms in total. The predicted octanol–water partition coefficient (Wildman–Crippen LogP) is 3.29. The number of anilines is 2. The summed E-state index contributed by atoms with van der Waals surface area (Å²) >= 11 is 0. The van der Waals surface area contributed by atoms with Crippen molar-refractivity contribution in [1.82, 2.24) is 0 Å². The molecule has 0 spiro atoms. The van der Waals surface area contributed by atoms with Crippen LogP contribution in [0.5, 0.6) is 5.75 Å². The average Bonchev–Trinajstić information content (AvgIpc) is 3.42. The number of hydrogen-bond acceptors (Lipinski definition) is 4. The van der Waals surface area contributed by atoms with E-state index in [-0.39, 0.29) is 22.5 Å². The standard InChI is InChI=1S/C18H19FN2O4S/c1-11-3-6-13(20-18(22)12-4-5-12)9-16(11)21-26(23,24)14-7-8-17(25-2)15(19)10-14/h3,6-10,12,21H,4-5H2,1-2H3,(H,20,22). The second-order valence-corrected chi connectivity index (χ2v) is 7.88. The molecule has 138 valence electrons. The number of ether oxygens (including phenoxy) is 1. The molecule has 1 saturated carbocycles. The Hall–Kier alpha value is -2.61. The van der Waals surface area contributed by atoms with Gasteiger partial charge in [-0.05, 0) is 55.7 Å². The molecule has 0 unspecified atom stereocenters. The first-order valence-corrected chi connectivity index (χ1v) is 9.56. The highest BCUT2D eigenvalue weighted by atomic mass is 32.2. The molecule has 0 heterocycles. The van der Waals surface area contributed by atoms with Crippen molar-refractivity contribution in [3.8, 4) is 5.75 Å². The van der Waals surface area contributed by atoms with Gasteiger partial charge in [-0.25, -0.2) is 12.8 Å². The van der Waals surface area contributed by atoms with E-state index in [9.17, 15) is 17.6 Å². The number of rotatable bonds is 6. The van der Waals surface area contributed by atoms with Crippen LogP contribution in [0.2, 0.25) is 0 Å². The summed E-state index contributed by atoms with van der Waals surface area (Å²) in [5.74, 6) is -0.832. The van der Waals surface area contributed by atoms with Crippen LogP contribution in [0.25, 0.3) is 0 Å². The minimum Gasteiger partial charge on any atom is -0.494 e. The fraction of sp³-hybridized carbons (Fsp3) is 0.278. The third-order valence-electron chi connectivity index (χ3n) is 4.13. The molecule has 26 heavy (non-hydrogen) atoms. The first kappa shape index (κ1) is 18.2. The fourth-order valence-electron chi connectivity index (χ4n) is 2.42. The van der Waals surface area contributed by atoms with Crippen LogP contribution in [-0.4, -0.2) is 21.4 Å². The zero-order valence-electron chi connectivity index (χ0n) is 14.4. The average molecular weight is 378 g/mol. The van der Waals surface area contributed by atoms with E-state index in [0.29, 0.717) is 16.9 Å². The number of hydrogen-bond donors (Lipinski definition) is 2. The van der Waals surface area contributed by atoms with Crippen molar-refractivity contribution in [2.45, 2.75) is 24.7 Å². The zero-order valence-corrected chi connectivity index (χ0v) is 15.2. The summed E-state index contributed by atoms with van der Waals surface area (Å²) in [7, 11) is -2.69. The molecule has 2 aromatic carbocycles. The van der Waals surface area contributed by atoms with Gasteiger partial charge in [0.1, 0.15) is 0 Å². The Balaban J connectivity index is 1.84. The third kappa shape index (κ3) is 3.96. The number of carbonyl (C=O) groups is 1. The van der Waals surface area contributed by atoms with Crippen LogP contribution in [-0.2, 0) is 14.8 Å². The minimum absolute atomic E-state index is 0.0371. The lowest BCUT2D eigenvalue weighted by molar-refractivity contribution is -0.117. The second kappa shape index (κ2) is 6.95. The third-order valence-corrected chi connectivity index (χ3v) is 5.49. The first-order chi connectivity index (χ1) is 12.3. The molecule has 0 radical (unpaired) electrons. The smallest absolute Gasteiger partial charge is 0.262 e. The van der Waals surface area contributed by atoms with Crippen LogP contribution in [0.4, 0.5) is 15.8 Å². The minimum atomic E-state index is -3.99. The zero-order chi connectivity index (χ0) is 18.9. The summed E-state index contributed by atoms with van der Waals surface area (Å²) in [6.45, 7) is 1.74. The van der Waals surface area contributed by atoms with Gasteiger partial charge < -0.3 is 10.1 Å². The van der Waals surface area contributed by atoms with Crippen LogP contribution in [0, 0.1) is 18.7 Å². The van der Waals surface area contributed by atoms with E-state index in [4.69, 9.17) is 4.74 Å². The molecule has 3 rings (SSSR count). The maximum atomic E-state index is 13.8. The molecule has 2 aromatic rings. The summed E-state index contributed by atoms with van der Waals surface area (Å²) in [6.07, 6.45) is 1.75. The van der Waals surface area contributed by atoms with Crippen molar-refractivity contribution in [2.24, 2.45) is 5.92 Å². The lowest BCUT2D eigenvalue weighted by Gasteiger charge is -2.13. The van der Waals surface area contributed by atoms with Gasteiger partial charge in [-0.1, -0.05) is 6.07 Å². The van der Waals surface area contributed by atoms with E-state index in [2.05, 4.69) is 10.0 Å². The fourth-order valence-corrected chi connectivity index (χ4v) is 3.55. The van der Waals surface area contributed by atoms with E-state index in [1.54, 1.807) is 25.1 Å². The molecular formula is C18H19FN2O4S. The molecule has 1 aliphatic rings. The Kier molecular flexibility index (Phi) is 4.86. The number of carbonyl (C=O) groups excluding carboxylic acids is 1. The predicted molar refractivity (Wildman–Crippen MR) is 96.3 cm³/mol. The molecule has 8 heteroatoms. The van der Waals surface area contributed by atoms with Crippen molar-refractivity contribution in [1.29, 1.82) is 0 Å². The molecule has 0 bridgehead atoms. The van der Waals surface area contributed by atoms with Gasteiger partial charge in [0, 0.05) is 11.6 Å². The molecule has 0 atom stereocenters. The SMILES string of the molecule is COc1ccc(S(=O)(=O)Nc2cc(NC(=O)C3CC3)ccc2C)cc1F. The number of amides is 1. The normalized spacial score (nSPS) is 14.0. The quantitative estimate of drug-likeness (QED) is 0.808. The number of aryl methyl sites for hydroxylation is 1. The molecule has 0 aliphatic heterocycles. The van der Waals surface area contributed by atoms with Crippen molar-refractivity contribution in [3.63, 3.8) is 0 Å². The van der Waals surface area contributed by atoms with Crippen LogP contribution >= 0.6 is 0 Å².